The summed E-state index contributed by atoms with van der Waals surface area (Å²) in [5, 5.41) is 0. The lowest BCUT2D eigenvalue weighted by Crippen LogP contribution is -2.07. The quantitative estimate of drug-likeness (QED) is 0.736. The summed E-state index contributed by atoms with van der Waals surface area (Å²) >= 11 is 3.30. The van der Waals surface area contributed by atoms with E-state index in [4.69, 9.17) is 4.74 Å². The standard InChI is InChI=1S/C16H13BrF2O2/c1-2-21-11-6-7-12(13(17)9-11)15(20)8-10-4-3-5-14(18)16(10)19/h3-7,9H,2,8H2,1H3. The highest BCUT2D eigenvalue weighted by atomic mass is 79.9. The van der Waals surface area contributed by atoms with Crippen LogP contribution in [0.15, 0.2) is 40.9 Å². The van der Waals surface area contributed by atoms with Crippen molar-refractivity contribution in [1.29, 1.82) is 0 Å². The van der Waals surface area contributed by atoms with Gasteiger partial charge in [0, 0.05) is 16.5 Å². The molecule has 0 fully saturated rings. The molecular formula is C16H13BrF2O2. The second-order valence-electron chi connectivity index (χ2n) is 4.39. The summed E-state index contributed by atoms with van der Waals surface area (Å²) in [6, 6.07) is 8.76. The molecule has 2 aromatic rings. The molecule has 0 bridgehead atoms. The molecule has 21 heavy (non-hydrogen) atoms. The molecule has 0 saturated carbocycles. The molecule has 0 aliphatic carbocycles. The maximum Gasteiger partial charge on any atom is 0.168 e. The van der Waals surface area contributed by atoms with Crippen LogP contribution in [0.3, 0.4) is 0 Å². The van der Waals surface area contributed by atoms with Crippen molar-refractivity contribution in [2.24, 2.45) is 0 Å². The Hall–Kier alpha value is -1.75. The first-order valence-corrected chi connectivity index (χ1v) is 7.20. The van der Waals surface area contributed by atoms with E-state index in [2.05, 4.69) is 15.9 Å². The van der Waals surface area contributed by atoms with Crippen molar-refractivity contribution in [3.63, 3.8) is 0 Å². The van der Waals surface area contributed by atoms with Gasteiger partial charge in [0.2, 0.25) is 0 Å². The van der Waals surface area contributed by atoms with Crippen molar-refractivity contribution in [1.82, 2.24) is 0 Å². The normalized spacial score (nSPS) is 10.5. The molecule has 0 atom stereocenters. The molecule has 0 radical (unpaired) electrons. The van der Waals surface area contributed by atoms with Gasteiger partial charge in [-0.2, -0.15) is 0 Å². The van der Waals surface area contributed by atoms with Gasteiger partial charge in [0.25, 0.3) is 0 Å². The zero-order valence-corrected chi connectivity index (χ0v) is 12.9. The molecule has 110 valence electrons. The fourth-order valence-electron chi connectivity index (χ4n) is 1.93. The van der Waals surface area contributed by atoms with E-state index >= 15 is 0 Å². The number of Topliss-reactive ketones (excluding diaryl/α,β-unsaturated/α-hetero) is 1. The van der Waals surface area contributed by atoms with E-state index < -0.39 is 11.6 Å². The van der Waals surface area contributed by atoms with Gasteiger partial charge in [-0.3, -0.25) is 4.79 Å². The van der Waals surface area contributed by atoms with Crippen LogP contribution in [0.25, 0.3) is 0 Å². The van der Waals surface area contributed by atoms with Crippen LogP contribution < -0.4 is 4.74 Å². The second kappa shape index (κ2) is 6.80. The molecule has 5 heteroatoms. The van der Waals surface area contributed by atoms with E-state index in [0.717, 1.165) is 6.07 Å². The predicted octanol–water partition coefficient (Wildman–Crippen LogP) is 4.55. The van der Waals surface area contributed by atoms with E-state index in [1.165, 1.54) is 12.1 Å². The lowest BCUT2D eigenvalue weighted by atomic mass is 10.0. The van der Waals surface area contributed by atoms with Gasteiger partial charge < -0.3 is 4.74 Å². The minimum absolute atomic E-state index is 0.0424. The van der Waals surface area contributed by atoms with Crippen LogP contribution in [-0.2, 0) is 6.42 Å². The molecule has 0 spiro atoms. The highest BCUT2D eigenvalue weighted by molar-refractivity contribution is 9.10. The molecule has 2 nitrogen and oxygen atoms in total. The van der Waals surface area contributed by atoms with Gasteiger partial charge in [0.05, 0.1) is 6.61 Å². The van der Waals surface area contributed by atoms with Crippen LogP contribution in [0.2, 0.25) is 0 Å². The Morgan fingerprint density at radius 2 is 2.00 bits per heavy atom. The number of carbonyl (C=O) groups excluding carboxylic acids is 1. The Balaban J connectivity index is 2.22. The SMILES string of the molecule is CCOc1ccc(C(=O)Cc2cccc(F)c2F)c(Br)c1. The average Bonchev–Trinajstić information content (AvgIpc) is 2.44. The number of ketones is 1. The van der Waals surface area contributed by atoms with Gasteiger partial charge in [-0.05, 0) is 52.7 Å². The predicted molar refractivity (Wildman–Crippen MR) is 79.7 cm³/mol. The Morgan fingerprint density at radius 1 is 1.24 bits per heavy atom. The van der Waals surface area contributed by atoms with Gasteiger partial charge in [-0.15, -0.1) is 0 Å². The number of ether oxygens (including phenoxy) is 1. The molecule has 0 unspecified atom stereocenters. The maximum atomic E-state index is 13.6. The van der Waals surface area contributed by atoms with Crippen molar-refractivity contribution in [2.45, 2.75) is 13.3 Å². The minimum atomic E-state index is -0.979. The molecule has 0 N–H and O–H groups in total. The van der Waals surface area contributed by atoms with E-state index in [0.29, 0.717) is 22.4 Å². The number of hydrogen-bond acceptors (Lipinski definition) is 2. The summed E-state index contributed by atoms with van der Waals surface area (Å²) in [6.45, 7) is 2.38. The van der Waals surface area contributed by atoms with Gasteiger partial charge in [0.1, 0.15) is 5.75 Å². The maximum absolute atomic E-state index is 13.6. The van der Waals surface area contributed by atoms with Crippen molar-refractivity contribution in [3.05, 3.63) is 63.6 Å². The first kappa shape index (κ1) is 15.6. The van der Waals surface area contributed by atoms with Gasteiger partial charge in [-0.25, -0.2) is 8.78 Å². The van der Waals surface area contributed by atoms with Crippen molar-refractivity contribution in [3.8, 4) is 5.75 Å². The number of rotatable bonds is 5. The molecule has 2 aromatic carbocycles. The van der Waals surface area contributed by atoms with E-state index in [1.54, 1.807) is 18.2 Å². The Morgan fingerprint density at radius 3 is 2.67 bits per heavy atom. The third-order valence-electron chi connectivity index (χ3n) is 2.93. The topological polar surface area (TPSA) is 26.3 Å². The van der Waals surface area contributed by atoms with Crippen LogP contribution >= 0.6 is 15.9 Å². The van der Waals surface area contributed by atoms with Crippen LogP contribution in [0.1, 0.15) is 22.8 Å². The first-order valence-electron chi connectivity index (χ1n) is 6.41. The zero-order valence-electron chi connectivity index (χ0n) is 11.3. The van der Waals surface area contributed by atoms with E-state index in [1.807, 2.05) is 6.92 Å². The van der Waals surface area contributed by atoms with Gasteiger partial charge in [0.15, 0.2) is 17.4 Å². The summed E-state index contributed by atoms with van der Waals surface area (Å²) < 4.78 is 32.6. The van der Waals surface area contributed by atoms with Crippen LogP contribution in [0.4, 0.5) is 8.78 Å². The van der Waals surface area contributed by atoms with Gasteiger partial charge in [-0.1, -0.05) is 12.1 Å². The third-order valence-corrected chi connectivity index (χ3v) is 3.59. The Bertz CT molecular complexity index is 671. The molecule has 0 aliphatic rings. The van der Waals surface area contributed by atoms with E-state index in [-0.39, 0.29) is 17.8 Å². The molecule has 0 amide bonds. The fourth-order valence-corrected chi connectivity index (χ4v) is 2.51. The van der Waals surface area contributed by atoms with Crippen LogP contribution in [0.5, 0.6) is 5.75 Å². The third kappa shape index (κ3) is 3.67. The summed E-state index contributed by atoms with van der Waals surface area (Å²) in [5.74, 6) is -1.59. The summed E-state index contributed by atoms with van der Waals surface area (Å²) in [7, 11) is 0. The van der Waals surface area contributed by atoms with Crippen molar-refractivity contribution >= 4 is 21.7 Å². The smallest absolute Gasteiger partial charge is 0.168 e. The lowest BCUT2D eigenvalue weighted by molar-refractivity contribution is 0.0991. The Kier molecular flexibility index (Phi) is 5.07. The van der Waals surface area contributed by atoms with Crippen LogP contribution in [0, 0.1) is 11.6 Å². The van der Waals surface area contributed by atoms with E-state index in [9.17, 15) is 13.6 Å². The van der Waals surface area contributed by atoms with Crippen LogP contribution in [-0.4, -0.2) is 12.4 Å². The van der Waals surface area contributed by atoms with Crippen molar-refractivity contribution in [2.75, 3.05) is 6.61 Å². The lowest BCUT2D eigenvalue weighted by Gasteiger charge is -2.08. The molecule has 0 heterocycles. The summed E-state index contributed by atoms with van der Waals surface area (Å²) in [5.41, 5.74) is 0.447. The minimum Gasteiger partial charge on any atom is -0.494 e. The highest BCUT2D eigenvalue weighted by Crippen LogP contribution is 2.25. The summed E-state index contributed by atoms with van der Waals surface area (Å²) in [4.78, 5) is 12.2. The van der Waals surface area contributed by atoms with Crippen molar-refractivity contribution < 1.29 is 18.3 Å². The molecular weight excluding hydrogens is 342 g/mol. The number of hydrogen-bond donors (Lipinski definition) is 0. The monoisotopic (exact) mass is 354 g/mol. The first-order chi connectivity index (χ1) is 10.0. The second-order valence-corrected chi connectivity index (χ2v) is 5.24. The number of halogens is 3. The molecule has 0 aliphatic heterocycles. The molecule has 2 rings (SSSR count). The molecule has 0 saturated heterocycles. The number of carbonyl (C=O) groups is 1. The molecule has 0 aromatic heterocycles. The summed E-state index contributed by atoms with van der Waals surface area (Å²) in [6.07, 6.45) is -0.198. The highest BCUT2D eigenvalue weighted by Gasteiger charge is 2.15. The Labute approximate surface area is 129 Å². The number of benzene rings is 2. The fraction of sp³-hybridized carbons (Fsp3) is 0.188. The van der Waals surface area contributed by atoms with Gasteiger partial charge >= 0.3 is 0 Å². The largest absolute Gasteiger partial charge is 0.494 e. The zero-order chi connectivity index (χ0) is 15.4. The average molecular weight is 355 g/mol.